The molecule has 132 valence electrons. The number of hydrogen-bond donors (Lipinski definition) is 3. The van der Waals surface area contributed by atoms with Crippen molar-refractivity contribution in [3.63, 3.8) is 0 Å². The Balaban J connectivity index is 2.23. The van der Waals surface area contributed by atoms with Crippen molar-refractivity contribution in [1.29, 1.82) is 0 Å². The van der Waals surface area contributed by atoms with Crippen molar-refractivity contribution >= 4 is 17.6 Å². The van der Waals surface area contributed by atoms with E-state index in [2.05, 4.69) is 5.32 Å². The monoisotopic (exact) mass is 343 g/mol. The number of aryl methyl sites for hydroxylation is 1. The third kappa shape index (κ3) is 4.50. The lowest BCUT2D eigenvalue weighted by molar-refractivity contribution is 0.0693. The Bertz CT molecular complexity index is 800. The molecule has 0 saturated heterocycles. The van der Waals surface area contributed by atoms with Crippen LogP contribution in [0.4, 0.5) is 5.69 Å². The minimum Gasteiger partial charge on any atom is -0.507 e. The molecule has 6 nitrogen and oxygen atoms in total. The number of amides is 1. The van der Waals surface area contributed by atoms with E-state index in [1.54, 1.807) is 31.2 Å². The summed E-state index contributed by atoms with van der Waals surface area (Å²) in [5, 5.41) is 21.5. The molecule has 0 aliphatic heterocycles. The molecule has 6 heteroatoms. The van der Waals surface area contributed by atoms with Gasteiger partial charge in [-0.2, -0.15) is 0 Å². The van der Waals surface area contributed by atoms with E-state index in [0.29, 0.717) is 22.6 Å². The lowest BCUT2D eigenvalue weighted by atomic mass is 10.1. The highest BCUT2D eigenvalue weighted by molar-refractivity contribution is 6.05. The van der Waals surface area contributed by atoms with Gasteiger partial charge in [0.1, 0.15) is 17.1 Å². The van der Waals surface area contributed by atoms with Gasteiger partial charge in [-0.05, 0) is 56.2 Å². The van der Waals surface area contributed by atoms with Gasteiger partial charge in [0.05, 0.1) is 6.10 Å². The average molecular weight is 343 g/mol. The maximum atomic E-state index is 12.4. The summed E-state index contributed by atoms with van der Waals surface area (Å²) >= 11 is 0. The normalized spacial score (nSPS) is 11.6. The Morgan fingerprint density at radius 2 is 1.96 bits per heavy atom. The number of benzene rings is 2. The zero-order valence-electron chi connectivity index (χ0n) is 14.4. The number of anilines is 1. The van der Waals surface area contributed by atoms with Gasteiger partial charge in [-0.1, -0.05) is 13.0 Å². The van der Waals surface area contributed by atoms with Crippen LogP contribution in [-0.2, 0) is 0 Å². The number of rotatable bonds is 6. The zero-order chi connectivity index (χ0) is 18.6. The summed E-state index contributed by atoms with van der Waals surface area (Å²) in [7, 11) is 0. The lowest BCUT2D eigenvalue weighted by Crippen LogP contribution is -2.14. The summed E-state index contributed by atoms with van der Waals surface area (Å²) < 4.78 is 5.70. The SMILES string of the molecule is CCC(C)Oc1cccc(C(=O)Nc2cc(C)c(O)c(C(=O)O)c2)c1. The molecule has 25 heavy (non-hydrogen) atoms. The van der Waals surface area contributed by atoms with E-state index in [9.17, 15) is 14.7 Å². The van der Waals surface area contributed by atoms with Crippen molar-refractivity contribution in [1.82, 2.24) is 0 Å². The largest absolute Gasteiger partial charge is 0.507 e. The predicted molar refractivity (Wildman–Crippen MR) is 94.6 cm³/mol. The molecule has 1 unspecified atom stereocenters. The molecule has 0 fully saturated rings. The molecule has 0 aliphatic rings. The molecule has 2 rings (SSSR count). The van der Waals surface area contributed by atoms with Crippen LogP contribution >= 0.6 is 0 Å². The van der Waals surface area contributed by atoms with Crippen LogP contribution in [0.1, 0.15) is 46.5 Å². The van der Waals surface area contributed by atoms with Crippen molar-refractivity contribution in [3.05, 3.63) is 53.1 Å². The number of nitrogens with one attached hydrogen (secondary N) is 1. The summed E-state index contributed by atoms with van der Waals surface area (Å²) in [6.07, 6.45) is 0.887. The van der Waals surface area contributed by atoms with Gasteiger partial charge < -0.3 is 20.3 Å². The van der Waals surface area contributed by atoms with E-state index < -0.39 is 11.9 Å². The fourth-order valence-corrected chi connectivity index (χ4v) is 2.24. The fourth-order valence-electron chi connectivity index (χ4n) is 2.24. The van der Waals surface area contributed by atoms with Gasteiger partial charge in [0.2, 0.25) is 0 Å². The van der Waals surface area contributed by atoms with Crippen molar-refractivity contribution in [2.75, 3.05) is 5.32 Å². The third-order valence-electron chi connectivity index (χ3n) is 3.80. The molecule has 0 spiro atoms. The summed E-state index contributed by atoms with van der Waals surface area (Å²) in [5.41, 5.74) is 0.794. The molecule has 0 aromatic heterocycles. The van der Waals surface area contributed by atoms with Crippen molar-refractivity contribution in [2.45, 2.75) is 33.3 Å². The average Bonchev–Trinajstić information content (AvgIpc) is 2.57. The summed E-state index contributed by atoms with van der Waals surface area (Å²) in [4.78, 5) is 23.6. The van der Waals surface area contributed by atoms with E-state index >= 15 is 0 Å². The quantitative estimate of drug-likeness (QED) is 0.693. The maximum Gasteiger partial charge on any atom is 0.339 e. The first-order valence-corrected chi connectivity index (χ1v) is 7.96. The zero-order valence-corrected chi connectivity index (χ0v) is 14.4. The second kappa shape index (κ2) is 7.70. The van der Waals surface area contributed by atoms with E-state index in [-0.39, 0.29) is 17.4 Å². The van der Waals surface area contributed by atoms with Crippen LogP contribution in [0.3, 0.4) is 0 Å². The molecule has 0 heterocycles. The number of carboxylic acids is 1. The Hall–Kier alpha value is -3.02. The maximum absolute atomic E-state index is 12.4. The van der Waals surface area contributed by atoms with Crippen molar-refractivity contribution in [2.24, 2.45) is 0 Å². The van der Waals surface area contributed by atoms with Crippen LogP contribution in [-0.4, -0.2) is 28.2 Å². The van der Waals surface area contributed by atoms with Crippen LogP contribution in [0.2, 0.25) is 0 Å². The van der Waals surface area contributed by atoms with Crippen LogP contribution < -0.4 is 10.1 Å². The van der Waals surface area contributed by atoms with E-state index in [4.69, 9.17) is 9.84 Å². The lowest BCUT2D eigenvalue weighted by Gasteiger charge is -2.14. The number of ether oxygens (including phenoxy) is 1. The highest BCUT2D eigenvalue weighted by atomic mass is 16.5. The molecule has 2 aromatic carbocycles. The van der Waals surface area contributed by atoms with Crippen LogP contribution in [0.5, 0.6) is 11.5 Å². The molecule has 0 aliphatic carbocycles. The molecule has 1 amide bonds. The molecule has 0 saturated carbocycles. The minimum absolute atomic E-state index is 0.0381. The first-order valence-electron chi connectivity index (χ1n) is 7.96. The number of carboxylic acid groups (broad SMARTS) is 1. The van der Waals surface area contributed by atoms with E-state index in [1.807, 2.05) is 13.8 Å². The fraction of sp³-hybridized carbons (Fsp3) is 0.263. The van der Waals surface area contributed by atoms with Gasteiger partial charge in [-0.3, -0.25) is 4.79 Å². The third-order valence-corrected chi connectivity index (χ3v) is 3.80. The summed E-state index contributed by atoms with van der Waals surface area (Å²) in [6.45, 7) is 5.52. The molecule has 0 bridgehead atoms. The number of carbonyl (C=O) groups is 2. The summed E-state index contributed by atoms with van der Waals surface area (Å²) in [5.74, 6) is -1.37. The minimum atomic E-state index is -1.26. The molecule has 1 atom stereocenters. The summed E-state index contributed by atoms with van der Waals surface area (Å²) in [6, 6.07) is 9.51. The first kappa shape index (κ1) is 18.3. The highest BCUT2D eigenvalue weighted by Crippen LogP contribution is 2.27. The number of aromatic hydroxyl groups is 1. The molecular weight excluding hydrogens is 322 g/mol. The number of carbonyl (C=O) groups excluding carboxylic acids is 1. The van der Waals surface area contributed by atoms with Crippen LogP contribution in [0, 0.1) is 6.92 Å². The van der Waals surface area contributed by atoms with E-state index in [1.165, 1.54) is 12.1 Å². The Morgan fingerprint density at radius 1 is 1.24 bits per heavy atom. The Labute approximate surface area is 146 Å². The smallest absolute Gasteiger partial charge is 0.339 e. The topological polar surface area (TPSA) is 95.9 Å². The Kier molecular flexibility index (Phi) is 5.64. The Morgan fingerprint density at radius 3 is 2.60 bits per heavy atom. The molecule has 3 N–H and O–H groups in total. The molecular formula is C19H21NO5. The van der Waals surface area contributed by atoms with Crippen LogP contribution in [0.15, 0.2) is 36.4 Å². The number of aromatic carboxylic acids is 1. The van der Waals surface area contributed by atoms with Crippen molar-refractivity contribution in [3.8, 4) is 11.5 Å². The molecule has 0 radical (unpaired) electrons. The van der Waals surface area contributed by atoms with Crippen molar-refractivity contribution < 1.29 is 24.5 Å². The highest BCUT2D eigenvalue weighted by Gasteiger charge is 2.15. The number of phenols is 1. The van der Waals surface area contributed by atoms with E-state index in [0.717, 1.165) is 6.42 Å². The molecule has 2 aromatic rings. The second-order valence-electron chi connectivity index (χ2n) is 5.81. The van der Waals surface area contributed by atoms with Gasteiger partial charge in [0, 0.05) is 11.3 Å². The van der Waals surface area contributed by atoms with Crippen LogP contribution in [0.25, 0.3) is 0 Å². The first-order chi connectivity index (χ1) is 11.8. The predicted octanol–water partition coefficient (Wildman–Crippen LogP) is 3.83. The van der Waals surface area contributed by atoms with Gasteiger partial charge in [0.25, 0.3) is 5.91 Å². The number of hydrogen-bond acceptors (Lipinski definition) is 4. The van der Waals surface area contributed by atoms with Gasteiger partial charge in [0.15, 0.2) is 0 Å². The second-order valence-corrected chi connectivity index (χ2v) is 5.81. The van der Waals surface area contributed by atoms with Gasteiger partial charge in [-0.25, -0.2) is 4.79 Å². The van der Waals surface area contributed by atoms with Gasteiger partial charge >= 0.3 is 5.97 Å². The standard InChI is InChI=1S/C19H21NO5/c1-4-12(3)25-15-7-5-6-13(9-15)18(22)20-14-8-11(2)17(21)16(10-14)19(23)24/h5-10,12,21H,4H2,1-3H3,(H,20,22)(H,23,24). The van der Waals surface area contributed by atoms with Gasteiger partial charge in [-0.15, -0.1) is 0 Å².